The normalized spacial score (nSPS) is 24.5. The zero-order valence-corrected chi connectivity index (χ0v) is 16.1. The molecule has 25 heavy (non-hydrogen) atoms. The summed E-state index contributed by atoms with van der Waals surface area (Å²) in [6.45, 7) is 11.0. The second kappa shape index (κ2) is 6.64. The van der Waals surface area contributed by atoms with Gasteiger partial charge in [-0.15, -0.1) is 0 Å². The van der Waals surface area contributed by atoms with Crippen LogP contribution < -0.4 is 4.90 Å². The lowest BCUT2D eigenvalue weighted by atomic mass is 9.90. The molecule has 2 aliphatic rings. The molecule has 1 N–H and O–H groups in total. The van der Waals surface area contributed by atoms with E-state index in [0.717, 1.165) is 38.9 Å². The average molecular weight is 344 g/mol. The van der Waals surface area contributed by atoms with Crippen LogP contribution in [0.15, 0.2) is 24.3 Å². The highest BCUT2D eigenvalue weighted by Gasteiger charge is 2.40. The Hall–Kier alpha value is -1.55. The summed E-state index contributed by atoms with van der Waals surface area (Å²) in [4.78, 5) is 16.9. The van der Waals surface area contributed by atoms with Crippen molar-refractivity contribution in [3.05, 3.63) is 29.8 Å². The minimum Gasteiger partial charge on any atom is -0.394 e. The number of nitrogens with zero attached hydrogens (tertiary/aromatic N) is 2. The van der Waals surface area contributed by atoms with Crippen molar-refractivity contribution in [2.45, 2.75) is 52.5 Å². The molecule has 0 aromatic heterocycles. The Balaban J connectivity index is 1.66. The topological polar surface area (TPSA) is 43.8 Å². The number of carbonyl (C=O) groups excluding carboxylic acids is 1. The number of amides is 1. The smallest absolute Gasteiger partial charge is 0.227 e. The van der Waals surface area contributed by atoms with E-state index in [2.05, 4.69) is 36.1 Å². The highest BCUT2D eigenvalue weighted by molar-refractivity contribution is 5.81. The average Bonchev–Trinajstić information content (AvgIpc) is 2.87. The van der Waals surface area contributed by atoms with Gasteiger partial charge in [0.25, 0.3) is 0 Å². The van der Waals surface area contributed by atoms with Crippen LogP contribution in [0.3, 0.4) is 0 Å². The summed E-state index contributed by atoms with van der Waals surface area (Å²) in [5.41, 5.74) is 2.10. The Morgan fingerprint density at radius 1 is 1.24 bits per heavy atom. The van der Waals surface area contributed by atoms with Crippen LogP contribution in [0.25, 0.3) is 0 Å². The molecule has 1 saturated heterocycles. The van der Waals surface area contributed by atoms with Crippen LogP contribution in [0.4, 0.5) is 5.69 Å². The Kier molecular flexibility index (Phi) is 4.84. The third-order valence-electron chi connectivity index (χ3n) is 5.83. The molecule has 0 radical (unpaired) electrons. The number of fused-ring (bicyclic) bond motifs is 1. The fraction of sp³-hybridized carbons (Fsp3) is 0.667. The van der Waals surface area contributed by atoms with E-state index < -0.39 is 0 Å². The monoisotopic (exact) mass is 344 g/mol. The van der Waals surface area contributed by atoms with E-state index in [-0.39, 0.29) is 23.5 Å². The summed E-state index contributed by atoms with van der Waals surface area (Å²) in [7, 11) is 0. The van der Waals surface area contributed by atoms with Crippen LogP contribution in [0, 0.1) is 11.3 Å². The van der Waals surface area contributed by atoms with Crippen LogP contribution in [0.5, 0.6) is 0 Å². The van der Waals surface area contributed by atoms with Gasteiger partial charge in [-0.2, -0.15) is 0 Å². The lowest BCUT2D eigenvalue weighted by molar-refractivity contribution is -0.140. The summed E-state index contributed by atoms with van der Waals surface area (Å²) in [6, 6.07) is 8.51. The zero-order chi connectivity index (χ0) is 18.2. The third kappa shape index (κ3) is 3.55. The molecule has 0 bridgehead atoms. The first-order valence-electron chi connectivity index (χ1n) is 9.50. The number of hydrogen-bond acceptors (Lipinski definition) is 3. The molecule has 4 nitrogen and oxygen atoms in total. The molecule has 0 aliphatic carbocycles. The van der Waals surface area contributed by atoms with Gasteiger partial charge in [0.2, 0.25) is 5.91 Å². The predicted octanol–water partition coefficient (Wildman–Crippen LogP) is 3.08. The van der Waals surface area contributed by atoms with E-state index in [1.807, 2.05) is 25.7 Å². The van der Waals surface area contributed by atoms with Gasteiger partial charge in [-0.25, -0.2) is 0 Å². The molecular formula is C21H32N2O2. The highest BCUT2D eigenvalue weighted by atomic mass is 16.3. The van der Waals surface area contributed by atoms with Gasteiger partial charge in [0.15, 0.2) is 0 Å². The molecule has 1 atom stereocenters. The van der Waals surface area contributed by atoms with E-state index >= 15 is 0 Å². The van der Waals surface area contributed by atoms with Crippen LogP contribution in [-0.4, -0.2) is 47.7 Å². The standard InChI is InChI=1S/C21H32N2O2/c1-20(2,3)19(25)22-11-9-16(10-12-22)14-23-18-8-6-5-7-17(18)13-21(23,4)15-24/h5-8,16,24H,9-15H2,1-4H3. The van der Waals surface area contributed by atoms with Gasteiger partial charge in [0, 0.05) is 30.7 Å². The second-order valence-corrected chi connectivity index (χ2v) is 9.06. The quantitative estimate of drug-likeness (QED) is 0.916. The van der Waals surface area contributed by atoms with E-state index in [4.69, 9.17) is 0 Å². The van der Waals surface area contributed by atoms with E-state index in [1.54, 1.807) is 0 Å². The molecule has 0 saturated carbocycles. The molecule has 1 aromatic carbocycles. The van der Waals surface area contributed by atoms with Gasteiger partial charge in [0.1, 0.15) is 0 Å². The number of hydrogen-bond donors (Lipinski definition) is 1. The van der Waals surface area contributed by atoms with Crippen molar-refractivity contribution in [3.8, 4) is 0 Å². The molecule has 0 spiro atoms. The number of piperidine rings is 1. The summed E-state index contributed by atoms with van der Waals surface area (Å²) >= 11 is 0. The van der Waals surface area contributed by atoms with Crippen LogP contribution in [0.1, 0.15) is 46.1 Å². The first-order chi connectivity index (χ1) is 11.7. The van der Waals surface area contributed by atoms with Crippen molar-refractivity contribution >= 4 is 11.6 Å². The fourth-order valence-corrected chi connectivity index (χ4v) is 4.23. The molecule has 2 aliphatic heterocycles. The maximum atomic E-state index is 12.5. The maximum Gasteiger partial charge on any atom is 0.227 e. The Labute approximate surface area is 151 Å². The summed E-state index contributed by atoms with van der Waals surface area (Å²) < 4.78 is 0. The summed E-state index contributed by atoms with van der Waals surface area (Å²) in [5, 5.41) is 10.0. The largest absolute Gasteiger partial charge is 0.394 e. The van der Waals surface area contributed by atoms with E-state index in [9.17, 15) is 9.90 Å². The van der Waals surface area contributed by atoms with Gasteiger partial charge < -0.3 is 14.9 Å². The number of benzene rings is 1. The molecule has 1 amide bonds. The van der Waals surface area contributed by atoms with Crippen LogP contribution in [0.2, 0.25) is 0 Å². The molecule has 2 heterocycles. The predicted molar refractivity (Wildman–Crippen MR) is 102 cm³/mol. The maximum absolute atomic E-state index is 12.5. The SMILES string of the molecule is CC(C)(C)C(=O)N1CCC(CN2c3ccccc3CC2(C)CO)CC1. The van der Waals surface area contributed by atoms with Crippen molar-refractivity contribution in [1.29, 1.82) is 0 Å². The van der Waals surface area contributed by atoms with E-state index in [1.165, 1.54) is 11.3 Å². The molecule has 138 valence electrons. The van der Waals surface area contributed by atoms with Crippen molar-refractivity contribution in [2.75, 3.05) is 31.1 Å². The molecule has 4 heteroatoms. The Morgan fingerprint density at radius 3 is 2.48 bits per heavy atom. The van der Waals surface area contributed by atoms with Gasteiger partial charge in [0.05, 0.1) is 12.1 Å². The molecule has 1 unspecified atom stereocenters. The Bertz CT molecular complexity index is 629. The fourth-order valence-electron chi connectivity index (χ4n) is 4.23. The first-order valence-corrected chi connectivity index (χ1v) is 9.50. The number of aliphatic hydroxyl groups excluding tert-OH is 1. The number of aliphatic hydroxyl groups is 1. The lowest BCUT2D eigenvalue weighted by Gasteiger charge is -2.41. The number of para-hydroxylation sites is 1. The summed E-state index contributed by atoms with van der Waals surface area (Å²) in [6.07, 6.45) is 2.99. The first kappa shape index (κ1) is 18.2. The number of rotatable bonds is 3. The van der Waals surface area contributed by atoms with Crippen molar-refractivity contribution in [1.82, 2.24) is 4.90 Å². The van der Waals surface area contributed by atoms with Crippen LogP contribution >= 0.6 is 0 Å². The van der Waals surface area contributed by atoms with Gasteiger partial charge >= 0.3 is 0 Å². The lowest BCUT2D eigenvalue weighted by Crippen LogP contribution is -2.51. The number of carbonyl (C=O) groups is 1. The van der Waals surface area contributed by atoms with Crippen molar-refractivity contribution in [2.24, 2.45) is 11.3 Å². The number of likely N-dealkylation sites (tertiary alicyclic amines) is 1. The van der Waals surface area contributed by atoms with Gasteiger partial charge in [-0.3, -0.25) is 4.79 Å². The van der Waals surface area contributed by atoms with Gasteiger partial charge in [-0.05, 0) is 43.7 Å². The highest BCUT2D eigenvalue weighted by Crippen LogP contribution is 2.40. The minimum absolute atomic E-state index is 0.170. The third-order valence-corrected chi connectivity index (χ3v) is 5.83. The van der Waals surface area contributed by atoms with E-state index in [0.29, 0.717) is 5.92 Å². The molecule has 1 aromatic rings. The molecular weight excluding hydrogens is 312 g/mol. The molecule has 1 fully saturated rings. The summed E-state index contributed by atoms with van der Waals surface area (Å²) in [5.74, 6) is 0.832. The second-order valence-electron chi connectivity index (χ2n) is 9.06. The zero-order valence-electron chi connectivity index (χ0n) is 16.1. The minimum atomic E-state index is -0.295. The Morgan fingerprint density at radius 2 is 1.88 bits per heavy atom. The number of anilines is 1. The molecule has 3 rings (SSSR count). The van der Waals surface area contributed by atoms with Crippen LogP contribution in [-0.2, 0) is 11.2 Å². The van der Waals surface area contributed by atoms with Crippen molar-refractivity contribution in [3.63, 3.8) is 0 Å². The van der Waals surface area contributed by atoms with Gasteiger partial charge in [-0.1, -0.05) is 39.0 Å². The van der Waals surface area contributed by atoms with Crippen molar-refractivity contribution < 1.29 is 9.90 Å².